The van der Waals surface area contributed by atoms with Gasteiger partial charge in [0.05, 0.1) is 23.4 Å². The number of aromatic nitrogens is 3. The van der Waals surface area contributed by atoms with Gasteiger partial charge in [0.15, 0.2) is 11.0 Å². The van der Waals surface area contributed by atoms with Crippen molar-refractivity contribution in [2.24, 2.45) is 0 Å². The Balaban J connectivity index is 1.70. The van der Waals surface area contributed by atoms with Crippen molar-refractivity contribution in [1.29, 1.82) is 0 Å². The first-order valence-electron chi connectivity index (χ1n) is 11.0. The van der Waals surface area contributed by atoms with Crippen LogP contribution in [-0.2, 0) is 14.8 Å². The minimum atomic E-state index is -3.67. The van der Waals surface area contributed by atoms with Crippen molar-refractivity contribution in [3.05, 3.63) is 78.6 Å². The Morgan fingerprint density at radius 2 is 1.81 bits per heavy atom. The number of hydrogen-bond acceptors (Lipinski definition) is 7. The Bertz CT molecular complexity index is 1540. The van der Waals surface area contributed by atoms with Crippen LogP contribution in [0.4, 0.5) is 10.1 Å². The number of benzene rings is 3. The fraction of sp³-hybridized carbons (Fsp3) is 0.160. The standard InChI is InChI=1S/C25H24FN5O4S2/c1-30(2)37(33,34)22-12-4-7-17(13-22)24-28-29-25(31(24)20-10-6-11-21(15-20)35-3)36-16-23(32)27-19-9-5-8-18(26)14-19/h4-15H,16H2,1-3H3,(H,27,32). The van der Waals surface area contributed by atoms with E-state index in [4.69, 9.17) is 4.74 Å². The van der Waals surface area contributed by atoms with Gasteiger partial charge in [-0.25, -0.2) is 17.1 Å². The number of carbonyl (C=O) groups excluding carboxylic acids is 1. The van der Waals surface area contributed by atoms with Gasteiger partial charge >= 0.3 is 0 Å². The molecule has 0 aliphatic carbocycles. The SMILES string of the molecule is COc1cccc(-n2c(SCC(=O)Nc3cccc(F)c3)nnc2-c2cccc(S(=O)(=O)N(C)C)c2)c1. The molecular formula is C25H24FN5O4S2. The molecule has 0 spiro atoms. The number of thioether (sulfide) groups is 1. The first kappa shape index (κ1) is 26.3. The molecule has 0 radical (unpaired) electrons. The molecule has 0 atom stereocenters. The van der Waals surface area contributed by atoms with E-state index < -0.39 is 15.8 Å². The number of methoxy groups -OCH3 is 1. The van der Waals surface area contributed by atoms with E-state index in [2.05, 4.69) is 15.5 Å². The van der Waals surface area contributed by atoms with E-state index >= 15 is 0 Å². The molecule has 192 valence electrons. The van der Waals surface area contributed by atoms with Crippen LogP contribution in [0.5, 0.6) is 5.75 Å². The summed E-state index contributed by atoms with van der Waals surface area (Å²) < 4.78 is 47.1. The number of rotatable bonds is 9. The second kappa shape index (κ2) is 11.1. The molecule has 37 heavy (non-hydrogen) atoms. The van der Waals surface area contributed by atoms with Crippen LogP contribution in [-0.4, -0.2) is 60.4 Å². The summed E-state index contributed by atoms with van der Waals surface area (Å²) in [6.07, 6.45) is 0. The van der Waals surface area contributed by atoms with Gasteiger partial charge in [-0.2, -0.15) is 0 Å². The van der Waals surface area contributed by atoms with Crippen molar-refractivity contribution in [2.45, 2.75) is 10.1 Å². The van der Waals surface area contributed by atoms with E-state index in [-0.39, 0.29) is 16.6 Å². The quantitative estimate of drug-likeness (QED) is 0.319. The molecule has 0 aliphatic rings. The molecule has 0 saturated heterocycles. The summed E-state index contributed by atoms with van der Waals surface area (Å²) in [5.74, 6) is 0.161. The molecule has 4 aromatic rings. The van der Waals surface area contributed by atoms with E-state index in [1.807, 2.05) is 6.07 Å². The molecule has 0 saturated carbocycles. The first-order valence-corrected chi connectivity index (χ1v) is 13.4. The lowest BCUT2D eigenvalue weighted by atomic mass is 10.2. The molecule has 1 amide bonds. The number of amides is 1. The van der Waals surface area contributed by atoms with Gasteiger partial charge in [-0.3, -0.25) is 9.36 Å². The van der Waals surface area contributed by atoms with E-state index in [9.17, 15) is 17.6 Å². The molecule has 0 fully saturated rings. The lowest BCUT2D eigenvalue weighted by Crippen LogP contribution is -2.22. The van der Waals surface area contributed by atoms with Crippen molar-refractivity contribution in [3.63, 3.8) is 0 Å². The van der Waals surface area contributed by atoms with Crippen LogP contribution in [0.2, 0.25) is 0 Å². The summed E-state index contributed by atoms with van der Waals surface area (Å²) in [6.45, 7) is 0. The van der Waals surface area contributed by atoms with Gasteiger partial charge < -0.3 is 10.1 Å². The summed E-state index contributed by atoms with van der Waals surface area (Å²) in [7, 11) is 0.803. The highest BCUT2D eigenvalue weighted by Gasteiger charge is 2.22. The van der Waals surface area contributed by atoms with Gasteiger partial charge in [0, 0.05) is 31.4 Å². The minimum Gasteiger partial charge on any atom is -0.497 e. The Labute approximate surface area is 218 Å². The molecule has 1 aromatic heterocycles. The van der Waals surface area contributed by atoms with Crippen LogP contribution in [0.3, 0.4) is 0 Å². The molecule has 12 heteroatoms. The number of nitrogens with zero attached hydrogens (tertiary/aromatic N) is 4. The van der Waals surface area contributed by atoms with E-state index in [1.165, 1.54) is 44.4 Å². The zero-order valence-corrected chi connectivity index (χ0v) is 21.9. The fourth-order valence-corrected chi connectivity index (χ4v) is 5.13. The maximum atomic E-state index is 13.5. The Hall–Kier alpha value is -3.74. The van der Waals surface area contributed by atoms with Crippen LogP contribution in [0.25, 0.3) is 17.1 Å². The maximum Gasteiger partial charge on any atom is 0.242 e. The normalized spacial score (nSPS) is 11.5. The Kier molecular flexibility index (Phi) is 7.91. The molecule has 9 nitrogen and oxygen atoms in total. The summed E-state index contributed by atoms with van der Waals surface area (Å²) in [5, 5.41) is 11.7. The molecule has 1 N–H and O–H groups in total. The smallest absolute Gasteiger partial charge is 0.242 e. The number of sulfonamides is 1. The van der Waals surface area contributed by atoms with Crippen LogP contribution < -0.4 is 10.1 Å². The molecule has 0 unspecified atom stereocenters. The summed E-state index contributed by atoms with van der Waals surface area (Å²) in [5.41, 5.74) is 1.53. The second-order valence-corrected chi connectivity index (χ2v) is 11.1. The maximum absolute atomic E-state index is 13.5. The average molecular weight is 542 g/mol. The van der Waals surface area contributed by atoms with Gasteiger partial charge in [0.25, 0.3) is 0 Å². The fourth-order valence-electron chi connectivity index (χ4n) is 3.43. The van der Waals surface area contributed by atoms with Crippen LogP contribution in [0.1, 0.15) is 0 Å². The van der Waals surface area contributed by atoms with Gasteiger partial charge in [-0.05, 0) is 42.5 Å². The number of nitrogens with one attached hydrogen (secondary N) is 1. The zero-order chi connectivity index (χ0) is 26.6. The second-order valence-electron chi connectivity index (χ2n) is 8.01. The molecule has 4 rings (SSSR count). The highest BCUT2D eigenvalue weighted by Crippen LogP contribution is 2.31. The van der Waals surface area contributed by atoms with E-state index in [0.717, 1.165) is 16.1 Å². The van der Waals surface area contributed by atoms with Crippen LogP contribution >= 0.6 is 11.8 Å². The van der Waals surface area contributed by atoms with Gasteiger partial charge in [0.2, 0.25) is 15.9 Å². The summed E-state index contributed by atoms with van der Waals surface area (Å²) in [4.78, 5) is 12.6. The third-order valence-corrected chi connectivity index (χ3v) is 8.00. The lowest BCUT2D eigenvalue weighted by Gasteiger charge is -2.14. The predicted molar refractivity (Wildman–Crippen MR) is 140 cm³/mol. The van der Waals surface area contributed by atoms with E-state index in [0.29, 0.717) is 33.7 Å². The lowest BCUT2D eigenvalue weighted by molar-refractivity contribution is -0.113. The van der Waals surface area contributed by atoms with Crippen molar-refractivity contribution in [1.82, 2.24) is 19.1 Å². The monoisotopic (exact) mass is 541 g/mol. The van der Waals surface area contributed by atoms with Crippen LogP contribution in [0, 0.1) is 5.82 Å². The number of carbonyl (C=O) groups is 1. The number of ether oxygens (including phenoxy) is 1. The zero-order valence-electron chi connectivity index (χ0n) is 20.3. The van der Waals surface area contributed by atoms with E-state index in [1.54, 1.807) is 48.1 Å². The largest absolute Gasteiger partial charge is 0.497 e. The van der Waals surface area contributed by atoms with Crippen molar-refractivity contribution < 1.29 is 22.3 Å². The molecule has 3 aromatic carbocycles. The molecular weight excluding hydrogens is 517 g/mol. The van der Waals surface area contributed by atoms with Crippen molar-refractivity contribution >= 4 is 33.4 Å². The first-order chi connectivity index (χ1) is 17.7. The number of anilines is 1. The minimum absolute atomic E-state index is 0.0202. The highest BCUT2D eigenvalue weighted by atomic mass is 32.2. The Morgan fingerprint density at radius 1 is 1.05 bits per heavy atom. The van der Waals surface area contributed by atoms with Gasteiger partial charge in [0.1, 0.15) is 11.6 Å². The molecule has 1 heterocycles. The molecule has 0 bridgehead atoms. The molecule has 0 aliphatic heterocycles. The average Bonchev–Trinajstić information content (AvgIpc) is 3.31. The highest BCUT2D eigenvalue weighted by molar-refractivity contribution is 7.99. The summed E-state index contributed by atoms with van der Waals surface area (Å²) in [6, 6.07) is 19.2. The topological polar surface area (TPSA) is 106 Å². The number of hydrogen-bond donors (Lipinski definition) is 1. The van der Waals surface area contributed by atoms with Crippen LogP contribution in [0.15, 0.2) is 82.8 Å². The van der Waals surface area contributed by atoms with Crippen molar-refractivity contribution in [3.8, 4) is 22.8 Å². The van der Waals surface area contributed by atoms with Gasteiger partial charge in [-0.15, -0.1) is 10.2 Å². The third-order valence-electron chi connectivity index (χ3n) is 5.26. The number of halogens is 1. The third kappa shape index (κ3) is 5.98. The van der Waals surface area contributed by atoms with Gasteiger partial charge in [-0.1, -0.05) is 36.0 Å². The Morgan fingerprint density at radius 3 is 2.54 bits per heavy atom. The summed E-state index contributed by atoms with van der Waals surface area (Å²) >= 11 is 1.13. The van der Waals surface area contributed by atoms with Crippen molar-refractivity contribution in [2.75, 3.05) is 32.3 Å². The predicted octanol–water partition coefficient (Wildman–Crippen LogP) is 4.06.